The average molecular weight is 361 g/mol. The summed E-state index contributed by atoms with van der Waals surface area (Å²) < 4.78 is 0. The van der Waals surface area contributed by atoms with Crippen LogP contribution >= 0.6 is 0 Å². The highest BCUT2D eigenvalue weighted by molar-refractivity contribution is 5.12. The Bertz CT molecular complexity index is 484. The Morgan fingerprint density at radius 3 is 1.42 bits per heavy atom. The molecular formula is C24H40O2. The highest BCUT2D eigenvalue weighted by atomic mass is 16.3. The largest absolute Gasteiger partial charge is 0.393 e. The van der Waals surface area contributed by atoms with E-state index >= 15 is 0 Å². The standard InChI is InChI=1S/C24H40O2/c1-15-7-19(3-5-21(15)25)23-10-17-9-18(11-23)13-24(12-17,14-23)20-4-6-22(26)16(2)8-20/h15-22,25-26H,3-14H2,1-2H3. The van der Waals surface area contributed by atoms with Crippen molar-refractivity contribution in [3.8, 4) is 0 Å². The fourth-order valence-electron chi connectivity index (χ4n) is 9.23. The summed E-state index contributed by atoms with van der Waals surface area (Å²) in [6.45, 7) is 4.58. The first-order valence-corrected chi connectivity index (χ1v) is 11.8. The summed E-state index contributed by atoms with van der Waals surface area (Å²) >= 11 is 0. The van der Waals surface area contributed by atoms with Crippen molar-refractivity contribution in [1.29, 1.82) is 0 Å². The molecule has 0 aromatic rings. The van der Waals surface area contributed by atoms with Crippen LogP contribution < -0.4 is 0 Å². The Balaban J connectivity index is 1.41. The number of aliphatic hydroxyl groups excluding tert-OH is 2. The molecule has 148 valence electrons. The zero-order valence-electron chi connectivity index (χ0n) is 17.0. The van der Waals surface area contributed by atoms with Crippen LogP contribution in [0.3, 0.4) is 0 Å². The summed E-state index contributed by atoms with van der Waals surface area (Å²) in [5.74, 6) is 4.72. The molecule has 6 saturated carbocycles. The molecule has 0 amide bonds. The van der Waals surface area contributed by atoms with E-state index in [1.807, 2.05) is 0 Å². The van der Waals surface area contributed by atoms with Crippen LogP contribution in [0.5, 0.6) is 0 Å². The van der Waals surface area contributed by atoms with Crippen molar-refractivity contribution in [3.63, 3.8) is 0 Å². The molecule has 0 spiro atoms. The smallest absolute Gasteiger partial charge is 0.0566 e. The van der Waals surface area contributed by atoms with Gasteiger partial charge in [-0.05, 0) is 123 Å². The van der Waals surface area contributed by atoms with E-state index in [0.717, 1.165) is 36.5 Å². The third-order valence-corrected chi connectivity index (χ3v) is 10.1. The van der Waals surface area contributed by atoms with Gasteiger partial charge in [0.25, 0.3) is 0 Å². The third kappa shape index (κ3) is 2.72. The molecule has 0 aromatic carbocycles. The van der Waals surface area contributed by atoms with Crippen LogP contribution in [0.15, 0.2) is 0 Å². The summed E-state index contributed by atoms with van der Waals surface area (Å²) in [6, 6.07) is 0. The van der Waals surface area contributed by atoms with Crippen molar-refractivity contribution >= 4 is 0 Å². The van der Waals surface area contributed by atoms with E-state index in [1.165, 1.54) is 64.2 Å². The molecule has 6 unspecified atom stereocenters. The summed E-state index contributed by atoms with van der Waals surface area (Å²) in [5, 5.41) is 20.5. The molecule has 6 atom stereocenters. The highest BCUT2D eigenvalue weighted by Crippen LogP contribution is 2.71. The maximum Gasteiger partial charge on any atom is 0.0566 e. The second kappa shape index (κ2) is 6.21. The first-order valence-electron chi connectivity index (χ1n) is 11.8. The Morgan fingerprint density at radius 1 is 0.615 bits per heavy atom. The molecule has 4 bridgehead atoms. The average Bonchev–Trinajstić information content (AvgIpc) is 2.58. The van der Waals surface area contributed by atoms with E-state index in [-0.39, 0.29) is 12.2 Å². The van der Waals surface area contributed by atoms with E-state index in [0.29, 0.717) is 22.7 Å². The quantitative estimate of drug-likeness (QED) is 0.713. The number of hydrogen-bond acceptors (Lipinski definition) is 2. The van der Waals surface area contributed by atoms with Crippen LogP contribution in [-0.2, 0) is 0 Å². The Labute approximate surface area is 160 Å². The first-order chi connectivity index (χ1) is 12.4. The van der Waals surface area contributed by atoms with Crippen molar-refractivity contribution in [2.45, 2.75) is 103 Å². The molecule has 0 aromatic heterocycles. The first kappa shape index (κ1) is 18.0. The topological polar surface area (TPSA) is 40.5 Å². The lowest BCUT2D eigenvalue weighted by molar-refractivity contribution is -0.178. The molecule has 0 saturated heterocycles. The number of aliphatic hydroxyl groups is 2. The molecule has 6 aliphatic rings. The normalized spacial score (nSPS) is 59.5. The Hall–Kier alpha value is -0.0800. The van der Waals surface area contributed by atoms with Crippen LogP contribution in [-0.4, -0.2) is 22.4 Å². The van der Waals surface area contributed by atoms with Gasteiger partial charge in [-0.2, -0.15) is 0 Å². The molecule has 26 heavy (non-hydrogen) atoms. The molecule has 6 aliphatic carbocycles. The molecule has 2 nitrogen and oxygen atoms in total. The van der Waals surface area contributed by atoms with E-state index in [1.54, 1.807) is 0 Å². The molecule has 2 N–H and O–H groups in total. The lowest BCUT2D eigenvalue weighted by Crippen LogP contribution is -2.58. The Morgan fingerprint density at radius 2 is 1.04 bits per heavy atom. The predicted octanol–water partition coefficient (Wildman–Crippen LogP) is 5.17. The third-order valence-electron chi connectivity index (χ3n) is 10.1. The molecule has 6 rings (SSSR count). The van der Waals surface area contributed by atoms with E-state index in [9.17, 15) is 10.2 Å². The van der Waals surface area contributed by atoms with Crippen LogP contribution in [0.25, 0.3) is 0 Å². The highest BCUT2D eigenvalue weighted by Gasteiger charge is 2.62. The van der Waals surface area contributed by atoms with Crippen molar-refractivity contribution in [2.24, 2.45) is 46.3 Å². The van der Waals surface area contributed by atoms with Crippen molar-refractivity contribution in [3.05, 3.63) is 0 Å². The molecule has 6 fully saturated rings. The maximum atomic E-state index is 10.3. The van der Waals surface area contributed by atoms with Gasteiger partial charge >= 0.3 is 0 Å². The lowest BCUT2D eigenvalue weighted by atomic mass is 9.38. The summed E-state index contributed by atoms with van der Waals surface area (Å²) in [6.07, 6.45) is 16.1. The maximum absolute atomic E-state index is 10.3. The zero-order chi connectivity index (χ0) is 18.1. The van der Waals surface area contributed by atoms with E-state index in [2.05, 4.69) is 13.8 Å². The summed E-state index contributed by atoms with van der Waals surface area (Å²) in [4.78, 5) is 0. The van der Waals surface area contributed by atoms with Crippen LogP contribution in [0.4, 0.5) is 0 Å². The molecule has 0 radical (unpaired) electrons. The van der Waals surface area contributed by atoms with Crippen LogP contribution in [0.2, 0.25) is 0 Å². The van der Waals surface area contributed by atoms with Crippen molar-refractivity contribution < 1.29 is 10.2 Å². The van der Waals surface area contributed by atoms with Crippen molar-refractivity contribution in [1.82, 2.24) is 0 Å². The van der Waals surface area contributed by atoms with Gasteiger partial charge < -0.3 is 10.2 Å². The monoisotopic (exact) mass is 360 g/mol. The SMILES string of the molecule is CC1CC(C23CC4CC(C2)CC(C2CCC(O)C(C)C2)(C4)C3)CCC1O. The van der Waals surface area contributed by atoms with Gasteiger partial charge in [-0.3, -0.25) is 0 Å². The van der Waals surface area contributed by atoms with Gasteiger partial charge in [0.2, 0.25) is 0 Å². The molecule has 0 heterocycles. The number of rotatable bonds is 2. The van der Waals surface area contributed by atoms with Gasteiger partial charge in [-0.15, -0.1) is 0 Å². The second-order valence-electron chi connectivity index (χ2n) is 11.8. The second-order valence-corrected chi connectivity index (χ2v) is 11.8. The zero-order valence-corrected chi connectivity index (χ0v) is 17.0. The molecule has 2 heteroatoms. The minimum Gasteiger partial charge on any atom is -0.393 e. The van der Waals surface area contributed by atoms with Gasteiger partial charge in [0.05, 0.1) is 12.2 Å². The van der Waals surface area contributed by atoms with Crippen LogP contribution in [0, 0.1) is 46.3 Å². The van der Waals surface area contributed by atoms with E-state index in [4.69, 9.17) is 0 Å². The van der Waals surface area contributed by atoms with Gasteiger partial charge in [-0.1, -0.05) is 13.8 Å². The Kier molecular flexibility index (Phi) is 4.29. The van der Waals surface area contributed by atoms with Crippen LogP contribution in [0.1, 0.15) is 90.9 Å². The predicted molar refractivity (Wildman–Crippen MR) is 105 cm³/mol. The van der Waals surface area contributed by atoms with E-state index < -0.39 is 0 Å². The van der Waals surface area contributed by atoms with Gasteiger partial charge in [0.1, 0.15) is 0 Å². The van der Waals surface area contributed by atoms with Gasteiger partial charge in [-0.25, -0.2) is 0 Å². The molecular weight excluding hydrogens is 320 g/mol. The van der Waals surface area contributed by atoms with Gasteiger partial charge in [0, 0.05) is 0 Å². The number of hydrogen-bond donors (Lipinski definition) is 2. The minimum atomic E-state index is -0.0465. The fraction of sp³-hybridized carbons (Fsp3) is 1.00. The van der Waals surface area contributed by atoms with Crippen molar-refractivity contribution in [2.75, 3.05) is 0 Å². The summed E-state index contributed by atoms with van der Waals surface area (Å²) in [7, 11) is 0. The van der Waals surface area contributed by atoms with Gasteiger partial charge in [0.15, 0.2) is 0 Å². The fourth-order valence-corrected chi connectivity index (χ4v) is 9.23. The molecule has 0 aliphatic heterocycles. The summed E-state index contributed by atoms with van der Waals surface area (Å²) in [5.41, 5.74) is 1.22. The lowest BCUT2D eigenvalue weighted by Gasteiger charge is -2.67. The minimum absolute atomic E-state index is 0.0465.